The van der Waals surface area contributed by atoms with Gasteiger partial charge in [-0.05, 0) is 24.6 Å². The van der Waals surface area contributed by atoms with Crippen molar-refractivity contribution in [3.8, 4) is 0 Å². The number of aromatic nitrogens is 1. The second-order valence-electron chi connectivity index (χ2n) is 3.49. The maximum atomic E-state index is 11.0. The number of hydrogen-bond donors (Lipinski definition) is 3. The van der Waals surface area contributed by atoms with E-state index >= 15 is 0 Å². The second kappa shape index (κ2) is 7.33. The zero-order chi connectivity index (χ0) is 12.6. The Kier molecular flexibility index (Phi) is 6.06. The average Bonchev–Trinajstić information content (AvgIpc) is 2.35. The summed E-state index contributed by atoms with van der Waals surface area (Å²) >= 11 is 0. The van der Waals surface area contributed by atoms with Crippen LogP contribution in [-0.2, 0) is 16.8 Å². The molecule has 17 heavy (non-hydrogen) atoms. The van der Waals surface area contributed by atoms with Gasteiger partial charge in [0, 0.05) is 32.5 Å². The molecule has 0 aliphatic carbocycles. The number of nitrogens with one attached hydrogen (secondary N) is 3. The van der Waals surface area contributed by atoms with Gasteiger partial charge in [0.1, 0.15) is 0 Å². The maximum absolute atomic E-state index is 11.0. The summed E-state index contributed by atoms with van der Waals surface area (Å²) in [7, 11) is -1.92. The highest BCUT2D eigenvalue weighted by Crippen LogP contribution is 1.93. The van der Waals surface area contributed by atoms with E-state index in [-0.39, 0.29) is 0 Å². The quantitative estimate of drug-likeness (QED) is 0.555. The second-order valence-corrected chi connectivity index (χ2v) is 5.20. The molecule has 0 unspecified atom stereocenters. The molecule has 7 heteroatoms. The molecule has 0 aliphatic rings. The minimum absolute atomic E-state index is 0.420. The molecule has 1 rings (SSSR count). The van der Waals surface area contributed by atoms with E-state index in [1.54, 1.807) is 12.4 Å². The van der Waals surface area contributed by atoms with Gasteiger partial charge in [-0.15, -0.1) is 0 Å². The van der Waals surface area contributed by atoms with Gasteiger partial charge in [0.15, 0.2) is 0 Å². The molecule has 1 aromatic heterocycles. The fourth-order valence-electron chi connectivity index (χ4n) is 1.23. The topological polar surface area (TPSA) is 83.1 Å². The number of rotatable bonds is 8. The molecule has 1 aromatic rings. The van der Waals surface area contributed by atoms with E-state index in [1.165, 1.54) is 7.05 Å². The van der Waals surface area contributed by atoms with Crippen LogP contribution in [0.4, 0.5) is 0 Å². The average molecular weight is 258 g/mol. The third-order valence-corrected chi connectivity index (χ3v) is 3.26. The Morgan fingerprint density at radius 3 is 2.82 bits per heavy atom. The van der Waals surface area contributed by atoms with Gasteiger partial charge in [-0.1, -0.05) is 6.07 Å². The van der Waals surface area contributed by atoms with Crippen molar-refractivity contribution in [2.45, 2.75) is 13.0 Å². The van der Waals surface area contributed by atoms with Gasteiger partial charge in [-0.25, -0.2) is 9.44 Å². The monoisotopic (exact) mass is 258 g/mol. The van der Waals surface area contributed by atoms with Gasteiger partial charge in [0.25, 0.3) is 10.2 Å². The Balaban J connectivity index is 2.06. The molecule has 1 heterocycles. The minimum Gasteiger partial charge on any atom is -0.313 e. The van der Waals surface area contributed by atoms with E-state index in [2.05, 4.69) is 19.7 Å². The van der Waals surface area contributed by atoms with E-state index in [0.29, 0.717) is 6.54 Å². The molecule has 0 aliphatic heterocycles. The van der Waals surface area contributed by atoms with E-state index in [9.17, 15) is 8.42 Å². The van der Waals surface area contributed by atoms with Crippen molar-refractivity contribution in [2.24, 2.45) is 0 Å². The molecule has 0 radical (unpaired) electrons. The molecule has 6 nitrogen and oxygen atoms in total. The van der Waals surface area contributed by atoms with Crippen molar-refractivity contribution in [1.29, 1.82) is 0 Å². The minimum atomic E-state index is -3.30. The Labute approximate surface area is 102 Å². The predicted octanol–water partition coefficient (Wildman–Crippen LogP) is -0.385. The van der Waals surface area contributed by atoms with Crippen LogP contribution in [0, 0.1) is 0 Å². The largest absolute Gasteiger partial charge is 0.313 e. The lowest BCUT2D eigenvalue weighted by Gasteiger charge is -2.06. The van der Waals surface area contributed by atoms with E-state index in [1.807, 2.05) is 12.1 Å². The SMILES string of the molecule is CNS(=O)(=O)NCCCNCc1cccnc1. The first kappa shape index (κ1) is 14.0. The van der Waals surface area contributed by atoms with Crippen LogP contribution in [0.25, 0.3) is 0 Å². The molecular weight excluding hydrogens is 240 g/mol. The first-order chi connectivity index (χ1) is 8.14. The number of nitrogens with zero attached hydrogens (tertiary/aromatic N) is 1. The molecule has 0 saturated heterocycles. The van der Waals surface area contributed by atoms with Crippen molar-refractivity contribution in [2.75, 3.05) is 20.1 Å². The van der Waals surface area contributed by atoms with Crippen molar-refractivity contribution in [1.82, 2.24) is 19.7 Å². The summed E-state index contributed by atoms with van der Waals surface area (Å²) in [5.41, 5.74) is 1.11. The zero-order valence-corrected chi connectivity index (χ0v) is 10.6. The molecule has 0 spiro atoms. The summed E-state index contributed by atoms with van der Waals surface area (Å²) in [6, 6.07) is 3.88. The summed E-state index contributed by atoms with van der Waals surface area (Å²) in [6.45, 7) is 1.91. The standard InChI is InChI=1S/C10H18N4O2S/c1-11-17(15,16)14-7-3-6-13-9-10-4-2-5-12-8-10/h2,4-5,8,11,13-14H,3,6-7,9H2,1H3. The Bertz CT molecular complexity index is 408. The van der Waals surface area contributed by atoms with E-state index in [4.69, 9.17) is 0 Å². The van der Waals surface area contributed by atoms with E-state index in [0.717, 1.165) is 25.1 Å². The lowest BCUT2D eigenvalue weighted by atomic mass is 10.3. The lowest BCUT2D eigenvalue weighted by molar-refractivity contribution is 0.566. The Hall–Kier alpha value is -1.02. The van der Waals surface area contributed by atoms with Gasteiger partial charge < -0.3 is 5.32 Å². The molecule has 96 valence electrons. The molecule has 0 bridgehead atoms. The fraction of sp³-hybridized carbons (Fsp3) is 0.500. The van der Waals surface area contributed by atoms with Crippen LogP contribution in [0.1, 0.15) is 12.0 Å². The molecule has 0 atom stereocenters. The first-order valence-electron chi connectivity index (χ1n) is 5.42. The highest BCUT2D eigenvalue weighted by molar-refractivity contribution is 7.87. The van der Waals surface area contributed by atoms with Crippen LogP contribution in [0.5, 0.6) is 0 Å². The van der Waals surface area contributed by atoms with Gasteiger partial charge in [0.05, 0.1) is 0 Å². The molecular formula is C10H18N4O2S. The van der Waals surface area contributed by atoms with Crippen molar-refractivity contribution in [3.05, 3.63) is 30.1 Å². The van der Waals surface area contributed by atoms with Crippen LogP contribution in [-0.4, -0.2) is 33.5 Å². The number of hydrogen-bond acceptors (Lipinski definition) is 4. The van der Waals surface area contributed by atoms with Crippen molar-refractivity contribution >= 4 is 10.2 Å². The first-order valence-corrected chi connectivity index (χ1v) is 6.90. The summed E-state index contributed by atoms with van der Waals surface area (Å²) < 4.78 is 26.6. The highest BCUT2D eigenvalue weighted by Gasteiger charge is 2.02. The van der Waals surface area contributed by atoms with Crippen molar-refractivity contribution < 1.29 is 8.42 Å². The summed E-state index contributed by atoms with van der Waals surface area (Å²) in [4.78, 5) is 4.00. The maximum Gasteiger partial charge on any atom is 0.276 e. The van der Waals surface area contributed by atoms with Gasteiger partial charge in [-0.3, -0.25) is 4.98 Å². The summed E-state index contributed by atoms with van der Waals surface area (Å²) in [5.74, 6) is 0. The smallest absolute Gasteiger partial charge is 0.276 e. The summed E-state index contributed by atoms with van der Waals surface area (Å²) in [5, 5.41) is 3.21. The van der Waals surface area contributed by atoms with E-state index < -0.39 is 10.2 Å². The number of pyridine rings is 1. The molecule has 0 amide bonds. The lowest BCUT2D eigenvalue weighted by Crippen LogP contribution is -2.35. The molecule has 0 saturated carbocycles. The van der Waals surface area contributed by atoms with Crippen LogP contribution in [0.3, 0.4) is 0 Å². The molecule has 0 aromatic carbocycles. The fourth-order valence-corrected chi connectivity index (χ4v) is 1.78. The molecule has 3 N–H and O–H groups in total. The Morgan fingerprint density at radius 2 is 2.18 bits per heavy atom. The van der Waals surface area contributed by atoms with Gasteiger partial charge >= 0.3 is 0 Å². The van der Waals surface area contributed by atoms with Crippen LogP contribution in [0.15, 0.2) is 24.5 Å². The third kappa shape index (κ3) is 6.32. The normalized spacial score (nSPS) is 11.6. The predicted molar refractivity (Wildman–Crippen MR) is 66.5 cm³/mol. The summed E-state index contributed by atoms with van der Waals surface area (Å²) in [6.07, 6.45) is 4.27. The van der Waals surface area contributed by atoms with Gasteiger partial charge in [-0.2, -0.15) is 8.42 Å². The van der Waals surface area contributed by atoms with Crippen molar-refractivity contribution in [3.63, 3.8) is 0 Å². The Morgan fingerprint density at radius 1 is 1.35 bits per heavy atom. The highest BCUT2D eigenvalue weighted by atomic mass is 32.2. The molecule has 0 fully saturated rings. The van der Waals surface area contributed by atoms with Crippen LogP contribution < -0.4 is 14.8 Å². The van der Waals surface area contributed by atoms with Crippen LogP contribution >= 0.6 is 0 Å². The van der Waals surface area contributed by atoms with Gasteiger partial charge in [0.2, 0.25) is 0 Å². The zero-order valence-electron chi connectivity index (χ0n) is 9.81. The third-order valence-electron chi connectivity index (χ3n) is 2.14. The van der Waals surface area contributed by atoms with Crippen LogP contribution in [0.2, 0.25) is 0 Å².